The van der Waals surface area contributed by atoms with Crippen LogP contribution in [0.5, 0.6) is 0 Å². The van der Waals surface area contributed by atoms with E-state index in [-0.39, 0.29) is 17.2 Å². The van der Waals surface area contributed by atoms with Crippen molar-refractivity contribution in [1.29, 1.82) is 0 Å². The summed E-state index contributed by atoms with van der Waals surface area (Å²) in [5.74, 6) is -0.780. The number of aryl methyl sites for hydroxylation is 1. The Labute approximate surface area is 128 Å². The van der Waals surface area contributed by atoms with Crippen molar-refractivity contribution >= 4 is 17.6 Å². The summed E-state index contributed by atoms with van der Waals surface area (Å²) in [5.41, 5.74) is 0.597. The first-order valence-corrected chi connectivity index (χ1v) is 6.90. The Morgan fingerprint density at radius 3 is 2.45 bits per heavy atom. The maximum absolute atomic E-state index is 12.2. The van der Waals surface area contributed by atoms with Crippen LogP contribution in [0.1, 0.15) is 36.2 Å². The molecule has 1 aromatic rings. The lowest BCUT2D eigenvalue weighted by Gasteiger charge is -2.18. The third-order valence-electron chi connectivity index (χ3n) is 3.15. The lowest BCUT2D eigenvalue weighted by atomic mass is 10.0. The molecule has 0 fully saturated rings. The molecular formula is C15H20N2O5. The van der Waals surface area contributed by atoms with E-state index in [1.807, 2.05) is 13.8 Å². The Balaban J connectivity index is 2.92. The van der Waals surface area contributed by atoms with Gasteiger partial charge in [-0.3, -0.25) is 14.9 Å². The SMILES string of the molecule is COC(=O)[C@@H](CC(C)C)NC(=O)c1ccc([N+](=O)[O-])c(C)c1. The van der Waals surface area contributed by atoms with E-state index in [1.165, 1.54) is 25.3 Å². The number of methoxy groups -OCH3 is 1. The minimum Gasteiger partial charge on any atom is -0.467 e. The average Bonchev–Trinajstić information content (AvgIpc) is 2.44. The van der Waals surface area contributed by atoms with E-state index in [1.54, 1.807) is 6.92 Å². The fourth-order valence-corrected chi connectivity index (χ4v) is 2.07. The monoisotopic (exact) mass is 308 g/mol. The van der Waals surface area contributed by atoms with Gasteiger partial charge in [0, 0.05) is 17.2 Å². The number of nitro groups is 1. The van der Waals surface area contributed by atoms with Crippen LogP contribution in [0.4, 0.5) is 5.69 Å². The molecule has 1 amide bonds. The molecule has 0 aliphatic carbocycles. The van der Waals surface area contributed by atoms with Gasteiger partial charge in [0.25, 0.3) is 11.6 Å². The molecule has 0 radical (unpaired) electrons. The number of rotatable bonds is 6. The maximum Gasteiger partial charge on any atom is 0.328 e. The van der Waals surface area contributed by atoms with Crippen LogP contribution in [-0.4, -0.2) is 30.0 Å². The number of amides is 1. The summed E-state index contributed by atoms with van der Waals surface area (Å²) in [4.78, 5) is 34.2. The highest BCUT2D eigenvalue weighted by Crippen LogP contribution is 2.19. The van der Waals surface area contributed by atoms with Crippen molar-refractivity contribution in [2.24, 2.45) is 5.92 Å². The molecule has 7 nitrogen and oxygen atoms in total. The number of nitro benzene ring substituents is 1. The van der Waals surface area contributed by atoms with Crippen LogP contribution >= 0.6 is 0 Å². The van der Waals surface area contributed by atoms with E-state index in [4.69, 9.17) is 0 Å². The molecular weight excluding hydrogens is 288 g/mol. The second kappa shape index (κ2) is 7.53. The van der Waals surface area contributed by atoms with E-state index < -0.39 is 22.8 Å². The van der Waals surface area contributed by atoms with Crippen LogP contribution in [-0.2, 0) is 9.53 Å². The molecule has 0 unspecified atom stereocenters. The van der Waals surface area contributed by atoms with Gasteiger partial charge in [-0.1, -0.05) is 13.8 Å². The summed E-state index contributed by atoms with van der Waals surface area (Å²) < 4.78 is 4.68. The van der Waals surface area contributed by atoms with Gasteiger partial charge in [0.05, 0.1) is 12.0 Å². The summed E-state index contributed by atoms with van der Waals surface area (Å²) in [6, 6.07) is 3.33. The second-order valence-electron chi connectivity index (χ2n) is 5.44. The summed E-state index contributed by atoms with van der Waals surface area (Å²) >= 11 is 0. The van der Waals surface area contributed by atoms with E-state index in [0.717, 1.165) is 0 Å². The Bertz CT molecular complexity index is 583. The highest BCUT2D eigenvalue weighted by molar-refractivity contribution is 5.97. The molecule has 0 bridgehead atoms. The molecule has 0 heterocycles. The van der Waals surface area contributed by atoms with E-state index in [2.05, 4.69) is 10.1 Å². The minimum atomic E-state index is -0.743. The fourth-order valence-electron chi connectivity index (χ4n) is 2.07. The van der Waals surface area contributed by atoms with Gasteiger partial charge in [0.2, 0.25) is 0 Å². The first-order chi connectivity index (χ1) is 10.3. The smallest absolute Gasteiger partial charge is 0.328 e. The minimum absolute atomic E-state index is 0.0525. The normalized spacial score (nSPS) is 11.9. The van der Waals surface area contributed by atoms with Crippen molar-refractivity contribution in [3.63, 3.8) is 0 Å². The molecule has 22 heavy (non-hydrogen) atoms. The standard InChI is InChI=1S/C15H20N2O5/c1-9(2)7-12(15(19)22-4)16-14(18)11-5-6-13(17(20)21)10(3)8-11/h5-6,8-9,12H,7H2,1-4H3,(H,16,18)/t12-/m1/s1. The highest BCUT2D eigenvalue weighted by Gasteiger charge is 2.23. The number of nitrogens with zero attached hydrogens (tertiary/aromatic N) is 1. The lowest BCUT2D eigenvalue weighted by molar-refractivity contribution is -0.385. The Morgan fingerprint density at radius 1 is 1.36 bits per heavy atom. The topological polar surface area (TPSA) is 98.5 Å². The average molecular weight is 308 g/mol. The van der Waals surface area contributed by atoms with E-state index in [0.29, 0.717) is 12.0 Å². The van der Waals surface area contributed by atoms with Crippen molar-refractivity contribution in [3.05, 3.63) is 39.4 Å². The summed E-state index contributed by atoms with van der Waals surface area (Å²) in [6.07, 6.45) is 0.449. The van der Waals surface area contributed by atoms with Crippen LogP contribution < -0.4 is 5.32 Å². The van der Waals surface area contributed by atoms with Crippen LogP contribution in [0.25, 0.3) is 0 Å². The molecule has 1 rings (SSSR count). The first-order valence-electron chi connectivity index (χ1n) is 6.90. The van der Waals surface area contributed by atoms with Crippen molar-refractivity contribution in [2.75, 3.05) is 7.11 Å². The molecule has 0 aromatic heterocycles. The molecule has 120 valence electrons. The lowest BCUT2D eigenvalue weighted by Crippen LogP contribution is -2.42. The number of benzene rings is 1. The van der Waals surface area contributed by atoms with E-state index >= 15 is 0 Å². The number of esters is 1. The van der Waals surface area contributed by atoms with Crippen molar-refractivity contribution < 1.29 is 19.2 Å². The number of hydrogen-bond acceptors (Lipinski definition) is 5. The second-order valence-corrected chi connectivity index (χ2v) is 5.44. The predicted molar refractivity (Wildman–Crippen MR) is 80.6 cm³/mol. The van der Waals surface area contributed by atoms with Crippen LogP contribution in [0.3, 0.4) is 0 Å². The van der Waals surface area contributed by atoms with Gasteiger partial charge in [-0.15, -0.1) is 0 Å². The van der Waals surface area contributed by atoms with Gasteiger partial charge in [0.15, 0.2) is 0 Å². The van der Waals surface area contributed by atoms with Gasteiger partial charge in [-0.25, -0.2) is 4.79 Å². The Hall–Kier alpha value is -2.44. The first kappa shape index (κ1) is 17.6. The number of nitrogens with one attached hydrogen (secondary N) is 1. The van der Waals surface area contributed by atoms with Gasteiger partial charge in [-0.05, 0) is 31.4 Å². The molecule has 0 saturated heterocycles. The summed E-state index contributed by atoms with van der Waals surface area (Å²) in [6.45, 7) is 5.41. The summed E-state index contributed by atoms with van der Waals surface area (Å²) in [7, 11) is 1.26. The zero-order valence-electron chi connectivity index (χ0n) is 13.1. The zero-order valence-corrected chi connectivity index (χ0v) is 13.1. The molecule has 0 saturated carbocycles. The molecule has 1 aromatic carbocycles. The third kappa shape index (κ3) is 4.54. The maximum atomic E-state index is 12.2. The molecule has 1 N–H and O–H groups in total. The van der Waals surface area contributed by atoms with Gasteiger partial charge >= 0.3 is 5.97 Å². The zero-order chi connectivity index (χ0) is 16.9. The quantitative estimate of drug-likeness (QED) is 0.493. The molecule has 1 atom stereocenters. The molecule has 7 heteroatoms. The number of ether oxygens (including phenoxy) is 1. The predicted octanol–water partition coefficient (Wildman–Crippen LogP) is 2.22. The highest BCUT2D eigenvalue weighted by atomic mass is 16.6. The molecule has 0 aliphatic heterocycles. The van der Waals surface area contributed by atoms with Crippen LogP contribution in [0.15, 0.2) is 18.2 Å². The number of carbonyl (C=O) groups excluding carboxylic acids is 2. The molecule has 0 aliphatic rings. The number of carbonyl (C=O) groups is 2. The van der Waals surface area contributed by atoms with Crippen molar-refractivity contribution in [2.45, 2.75) is 33.2 Å². The fraction of sp³-hybridized carbons (Fsp3) is 0.467. The Morgan fingerprint density at radius 2 is 2.00 bits per heavy atom. The van der Waals surface area contributed by atoms with E-state index in [9.17, 15) is 19.7 Å². The van der Waals surface area contributed by atoms with Crippen LogP contribution in [0, 0.1) is 23.0 Å². The van der Waals surface area contributed by atoms with Crippen LogP contribution in [0.2, 0.25) is 0 Å². The van der Waals surface area contributed by atoms with Gasteiger partial charge < -0.3 is 10.1 Å². The third-order valence-corrected chi connectivity index (χ3v) is 3.15. The van der Waals surface area contributed by atoms with Gasteiger partial charge in [0.1, 0.15) is 6.04 Å². The van der Waals surface area contributed by atoms with Crippen molar-refractivity contribution in [1.82, 2.24) is 5.32 Å². The Kier molecular flexibility index (Phi) is 6.03. The largest absolute Gasteiger partial charge is 0.467 e. The van der Waals surface area contributed by atoms with Crippen molar-refractivity contribution in [3.8, 4) is 0 Å². The number of hydrogen-bond donors (Lipinski definition) is 1. The van der Waals surface area contributed by atoms with Gasteiger partial charge in [-0.2, -0.15) is 0 Å². The molecule has 0 spiro atoms. The summed E-state index contributed by atoms with van der Waals surface area (Å²) in [5, 5.41) is 13.4.